The minimum atomic E-state index is -1.31. The van der Waals surface area contributed by atoms with Crippen molar-refractivity contribution in [3.8, 4) is 0 Å². The minimum Gasteiger partial charge on any atom is -0.548 e. The van der Waals surface area contributed by atoms with Crippen LogP contribution in [-0.2, 0) is 4.79 Å². The number of amides is 2. The van der Waals surface area contributed by atoms with Crippen molar-refractivity contribution >= 4 is 12.0 Å². The Hall–Kier alpha value is -2.04. The van der Waals surface area contributed by atoms with Gasteiger partial charge in [-0.15, -0.1) is 0 Å². The molecule has 0 unspecified atom stereocenters. The number of nitrogens with one attached hydrogen (secondary N) is 2. The highest BCUT2D eigenvalue weighted by molar-refractivity contribution is 5.81. The predicted octanol–water partition coefficient (Wildman–Crippen LogP) is 0.185. The molecule has 0 spiro atoms. The molecular formula is C12H15N2O3-. The smallest absolute Gasteiger partial charge is 0.315 e. The average molecular weight is 235 g/mol. The first-order valence-electron chi connectivity index (χ1n) is 5.33. The second-order valence-electron chi connectivity index (χ2n) is 3.79. The van der Waals surface area contributed by atoms with E-state index >= 15 is 0 Å². The topological polar surface area (TPSA) is 81.3 Å². The van der Waals surface area contributed by atoms with Crippen LogP contribution in [0.3, 0.4) is 0 Å². The zero-order chi connectivity index (χ0) is 12.8. The first-order chi connectivity index (χ1) is 8.00. The van der Waals surface area contributed by atoms with E-state index in [2.05, 4.69) is 10.6 Å². The summed E-state index contributed by atoms with van der Waals surface area (Å²) in [6.07, 6.45) is 0. The van der Waals surface area contributed by atoms with Crippen LogP contribution < -0.4 is 15.7 Å². The highest BCUT2D eigenvalue weighted by Gasteiger charge is 2.11. The standard InChI is InChI=1S/C12H16N2O3/c1-8(10-6-4-3-5-7-10)13-12(17)14-9(2)11(15)16/h3-9H,1-2H3,(H,15,16)(H2,13,14,17)/p-1/t8-,9-/m0/s1. The van der Waals surface area contributed by atoms with Gasteiger partial charge in [0.2, 0.25) is 0 Å². The largest absolute Gasteiger partial charge is 0.548 e. The summed E-state index contributed by atoms with van der Waals surface area (Å²) in [5.74, 6) is -1.31. The second-order valence-corrected chi connectivity index (χ2v) is 3.79. The molecule has 2 atom stereocenters. The number of carboxylic acids is 1. The van der Waals surface area contributed by atoms with Crippen molar-refractivity contribution in [3.05, 3.63) is 35.9 Å². The monoisotopic (exact) mass is 235 g/mol. The Morgan fingerprint density at radius 3 is 2.24 bits per heavy atom. The van der Waals surface area contributed by atoms with Gasteiger partial charge in [0.1, 0.15) is 0 Å². The van der Waals surface area contributed by atoms with Gasteiger partial charge in [-0.1, -0.05) is 30.3 Å². The van der Waals surface area contributed by atoms with Gasteiger partial charge in [-0.25, -0.2) is 4.79 Å². The number of carbonyl (C=O) groups excluding carboxylic acids is 2. The summed E-state index contributed by atoms with van der Waals surface area (Å²) in [5.41, 5.74) is 0.948. The molecule has 1 aromatic rings. The molecule has 0 fully saturated rings. The molecule has 5 heteroatoms. The second kappa shape index (κ2) is 5.89. The lowest BCUT2D eigenvalue weighted by atomic mass is 10.1. The highest BCUT2D eigenvalue weighted by atomic mass is 16.4. The van der Waals surface area contributed by atoms with E-state index in [-0.39, 0.29) is 6.04 Å². The summed E-state index contributed by atoms with van der Waals surface area (Å²) in [4.78, 5) is 21.9. The fraction of sp³-hybridized carbons (Fsp3) is 0.333. The van der Waals surface area contributed by atoms with Crippen LogP contribution in [0.25, 0.3) is 0 Å². The van der Waals surface area contributed by atoms with Gasteiger partial charge in [0, 0.05) is 0 Å². The molecule has 0 saturated heterocycles. The third-order valence-corrected chi connectivity index (χ3v) is 2.35. The van der Waals surface area contributed by atoms with E-state index in [1.54, 1.807) is 0 Å². The average Bonchev–Trinajstić information content (AvgIpc) is 2.29. The molecule has 2 amide bonds. The zero-order valence-electron chi connectivity index (χ0n) is 9.77. The molecule has 0 saturated carbocycles. The molecule has 92 valence electrons. The normalized spacial score (nSPS) is 13.5. The van der Waals surface area contributed by atoms with Gasteiger partial charge in [-0.3, -0.25) is 0 Å². The number of carboxylic acid groups (broad SMARTS) is 1. The van der Waals surface area contributed by atoms with Crippen LogP contribution in [0.4, 0.5) is 4.79 Å². The Bertz CT molecular complexity index is 392. The van der Waals surface area contributed by atoms with Gasteiger partial charge in [0.25, 0.3) is 0 Å². The van der Waals surface area contributed by atoms with Crippen LogP contribution in [0.5, 0.6) is 0 Å². The molecule has 0 aliphatic carbocycles. The number of benzene rings is 1. The van der Waals surface area contributed by atoms with Crippen molar-refractivity contribution in [2.24, 2.45) is 0 Å². The van der Waals surface area contributed by atoms with Crippen LogP contribution in [0.1, 0.15) is 25.5 Å². The van der Waals surface area contributed by atoms with Crippen LogP contribution >= 0.6 is 0 Å². The summed E-state index contributed by atoms with van der Waals surface area (Å²) in [6.45, 7) is 3.17. The van der Waals surface area contributed by atoms with E-state index in [4.69, 9.17) is 0 Å². The molecule has 0 aliphatic heterocycles. The maximum absolute atomic E-state index is 11.4. The van der Waals surface area contributed by atoms with E-state index in [1.807, 2.05) is 37.3 Å². The molecule has 0 heterocycles. The Balaban J connectivity index is 2.49. The quantitative estimate of drug-likeness (QED) is 0.781. The molecule has 5 nitrogen and oxygen atoms in total. The summed E-state index contributed by atoms with van der Waals surface area (Å²) in [5, 5.41) is 15.3. The van der Waals surface area contributed by atoms with E-state index in [1.165, 1.54) is 6.92 Å². The van der Waals surface area contributed by atoms with Crippen molar-refractivity contribution in [1.82, 2.24) is 10.6 Å². The maximum atomic E-state index is 11.4. The molecule has 0 aromatic heterocycles. The number of hydrogen-bond acceptors (Lipinski definition) is 3. The number of carbonyl (C=O) groups is 2. The number of urea groups is 1. The number of rotatable bonds is 4. The highest BCUT2D eigenvalue weighted by Crippen LogP contribution is 2.10. The fourth-order valence-corrected chi connectivity index (χ4v) is 1.32. The van der Waals surface area contributed by atoms with Crippen molar-refractivity contribution in [2.45, 2.75) is 25.9 Å². The fourth-order valence-electron chi connectivity index (χ4n) is 1.32. The summed E-state index contributed by atoms with van der Waals surface area (Å²) in [6, 6.07) is 7.65. The van der Waals surface area contributed by atoms with Gasteiger partial charge in [-0.2, -0.15) is 0 Å². The minimum absolute atomic E-state index is 0.190. The van der Waals surface area contributed by atoms with Crippen LogP contribution in [0.2, 0.25) is 0 Å². The van der Waals surface area contributed by atoms with Crippen molar-refractivity contribution in [3.63, 3.8) is 0 Å². The molecule has 1 rings (SSSR count). The maximum Gasteiger partial charge on any atom is 0.315 e. The SMILES string of the molecule is C[C@H](NC(=O)N[C@@H](C)c1ccccc1)C(=O)[O-]. The van der Waals surface area contributed by atoms with Gasteiger partial charge in [0.15, 0.2) is 0 Å². The lowest BCUT2D eigenvalue weighted by Gasteiger charge is -2.18. The van der Waals surface area contributed by atoms with Crippen molar-refractivity contribution in [1.29, 1.82) is 0 Å². The van der Waals surface area contributed by atoms with Crippen molar-refractivity contribution < 1.29 is 14.7 Å². The van der Waals surface area contributed by atoms with Crippen LogP contribution in [0.15, 0.2) is 30.3 Å². The Kier molecular flexibility index (Phi) is 4.51. The van der Waals surface area contributed by atoms with E-state index in [9.17, 15) is 14.7 Å². The predicted molar refractivity (Wildman–Crippen MR) is 61.0 cm³/mol. The molecule has 1 aromatic carbocycles. The van der Waals surface area contributed by atoms with E-state index < -0.39 is 18.0 Å². The molecule has 0 aliphatic rings. The summed E-state index contributed by atoms with van der Waals surface area (Å²) < 4.78 is 0. The number of hydrogen-bond donors (Lipinski definition) is 2. The molecule has 17 heavy (non-hydrogen) atoms. The van der Waals surface area contributed by atoms with Gasteiger partial charge < -0.3 is 20.5 Å². The zero-order valence-corrected chi connectivity index (χ0v) is 9.77. The molecular weight excluding hydrogens is 220 g/mol. The van der Waals surface area contributed by atoms with Crippen LogP contribution in [0, 0.1) is 0 Å². The summed E-state index contributed by atoms with van der Waals surface area (Å²) >= 11 is 0. The molecule has 0 bridgehead atoms. The lowest BCUT2D eigenvalue weighted by Crippen LogP contribution is -2.49. The van der Waals surface area contributed by atoms with Gasteiger partial charge >= 0.3 is 6.03 Å². The third kappa shape index (κ3) is 4.14. The first-order valence-corrected chi connectivity index (χ1v) is 5.33. The molecule has 2 N–H and O–H groups in total. The number of aliphatic carboxylic acids is 1. The van der Waals surface area contributed by atoms with Crippen molar-refractivity contribution in [2.75, 3.05) is 0 Å². The Morgan fingerprint density at radius 2 is 1.71 bits per heavy atom. The van der Waals surface area contributed by atoms with Crippen LogP contribution in [-0.4, -0.2) is 18.0 Å². The lowest BCUT2D eigenvalue weighted by molar-refractivity contribution is -0.307. The molecule has 0 radical (unpaired) electrons. The van der Waals surface area contributed by atoms with E-state index in [0.717, 1.165) is 5.56 Å². The Labute approximate surface area is 99.8 Å². The Morgan fingerprint density at radius 1 is 1.12 bits per heavy atom. The third-order valence-electron chi connectivity index (χ3n) is 2.35. The summed E-state index contributed by atoms with van der Waals surface area (Å²) in [7, 11) is 0. The van der Waals surface area contributed by atoms with Gasteiger partial charge in [0.05, 0.1) is 18.1 Å². The first kappa shape index (κ1) is 13.0. The van der Waals surface area contributed by atoms with E-state index in [0.29, 0.717) is 0 Å². The van der Waals surface area contributed by atoms with Gasteiger partial charge in [-0.05, 0) is 19.4 Å².